The molecule has 0 aliphatic carbocycles. The van der Waals surface area contributed by atoms with Gasteiger partial charge in [-0.1, -0.05) is 23.2 Å². The monoisotopic (exact) mass is 299 g/mol. The van der Waals surface area contributed by atoms with Crippen LogP contribution in [0.3, 0.4) is 0 Å². The van der Waals surface area contributed by atoms with E-state index in [1.54, 1.807) is 0 Å². The molecule has 94 valence electrons. The van der Waals surface area contributed by atoms with Gasteiger partial charge in [0.05, 0.1) is 17.7 Å². The third kappa shape index (κ3) is 2.94. The summed E-state index contributed by atoms with van der Waals surface area (Å²) in [5.41, 5.74) is 0.214. The first-order valence-corrected chi connectivity index (χ1v) is 5.42. The van der Waals surface area contributed by atoms with Crippen LogP contribution >= 0.6 is 35.6 Å². The second-order valence-corrected chi connectivity index (χ2v) is 4.19. The highest BCUT2D eigenvalue weighted by atomic mass is 35.5. The van der Waals surface area contributed by atoms with Gasteiger partial charge in [0, 0.05) is 17.0 Å². The average molecular weight is 301 g/mol. The van der Waals surface area contributed by atoms with Crippen LogP contribution in [0.25, 0.3) is 0 Å². The fourth-order valence-corrected chi connectivity index (χ4v) is 2.05. The van der Waals surface area contributed by atoms with Gasteiger partial charge in [-0.05, 0) is 12.1 Å². The van der Waals surface area contributed by atoms with Crippen LogP contribution in [-0.4, -0.2) is 12.7 Å². The topological polar surface area (TPSA) is 38.3 Å². The highest BCUT2D eigenvalue weighted by Crippen LogP contribution is 2.33. The largest absolute Gasteiger partial charge is 0.449 e. The van der Waals surface area contributed by atoms with E-state index in [0.717, 1.165) is 0 Å². The lowest BCUT2D eigenvalue weighted by Crippen LogP contribution is -2.35. The Morgan fingerprint density at radius 3 is 2.65 bits per heavy atom. The molecule has 1 amide bonds. The number of carbonyl (C=O) groups is 1. The predicted molar refractivity (Wildman–Crippen MR) is 65.5 cm³/mol. The van der Waals surface area contributed by atoms with E-state index in [-0.39, 0.29) is 34.6 Å². The molecule has 1 aliphatic rings. The molecule has 1 N–H and O–H groups in total. The van der Waals surface area contributed by atoms with Crippen LogP contribution in [0.15, 0.2) is 12.1 Å². The Labute approximate surface area is 114 Å². The zero-order valence-corrected chi connectivity index (χ0v) is 10.8. The number of hydrogen-bond acceptors (Lipinski definition) is 2. The van der Waals surface area contributed by atoms with Crippen molar-refractivity contribution in [3.8, 4) is 0 Å². The summed E-state index contributed by atoms with van der Waals surface area (Å²) in [5, 5.41) is 2.73. The molecule has 1 aliphatic heterocycles. The summed E-state index contributed by atoms with van der Waals surface area (Å²) in [7, 11) is 0. The van der Waals surface area contributed by atoms with Gasteiger partial charge in [-0.15, -0.1) is 12.4 Å². The molecule has 1 aromatic rings. The number of halogens is 4. The Hall–Kier alpha value is -0.710. The molecule has 17 heavy (non-hydrogen) atoms. The van der Waals surface area contributed by atoms with E-state index in [4.69, 9.17) is 27.9 Å². The van der Waals surface area contributed by atoms with Gasteiger partial charge in [-0.3, -0.25) is 0 Å². The second-order valence-electron chi connectivity index (χ2n) is 3.38. The van der Waals surface area contributed by atoms with Crippen molar-refractivity contribution >= 4 is 41.7 Å². The summed E-state index contributed by atoms with van der Waals surface area (Å²) in [6.07, 6.45) is -0.116. The van der Waals surface area contributed by atoms with E-state index in [9.17, 15) is 9.18 Å². The molecule has 0 aromatic heterocycles. The lowest BCUT2D eigenvalue weighted by atomic mass is 10.0. The minimum atomic E-state index is -0.596. The minimum absolute atomic E-state index is 0. The van der Waals surface area contributed by atoms with Gasteiger partial charge < -0.3 is 10.1 Å². The fourth-order valence-electron chi connectivity index (χ4n) is 1.60. The summed E-state index contributed by atoms with van der Waals surface area (Å²) >= 11 is 11.6. The Morgan fingerprint density at radius 2 is 2.00 bits per heavy atom. The molecule has 0 unspecified atom stereocenters. The number of benzene rings is 1. The molecule has 3 nitrogen and oxygen atoms in total. The number of alkyl carbamates (subject to hydrolysis) is 1. The Kier molecular flexibility index (Phi) is 4.86. The normalized spacial score (nSPS) is 19.0. The highest BCUT2D eigenvalue weighted by molar-refractivity contribution is 6.33. The first-order valence-electron chi connectivity index (χ1n) is 4.66. The predicted octanol–water partition coefficient (Wildman–Crippen LogP) is 3.73. The SMILES string of the molecule is Cl.O=C1N[C@@H](c2c(Cl)ccc(Cl)c2F)CCO1. The molecule has 0 spiro atoms. The molecule has 1 heterocycles. The van der Waals surface area contributed by atoms with Gasteiger partial charge in [-0.25, -0.2) is 9.18 Å². The maximum Gasteiger partial charge on any atom is 0.407 e. The highest BCUT2D eigenvalue weighted by Gasteiger charge is 2.26. The maximum absolute atomic E-state index is 13.8. The maximum atomic E-state index is 13.8. The van der Waals surface area contributed by atoms with Crippen molar-refractivity contribution in [1.29, 1.82) is 0 Å². The van der Waals surface area contributed by atoms with Crippen LogP contribution in [0, 0.1) is 5.82 Å². The first-order chi connectivity index (χ1) is 7.59. The summed E-state index contributed by atoms with van der Waals surface area (Å²) in [6.45, 7) is 0.235. The van der Waals surface area contributed by atoms with Gasteiger partial charge in [-0.2, -0.15) is 0 Å². The molecular weight excluding hydrogens is 291 g/mol. The van der Waals surface area contributed by atoms with Crippen LogP contribution in [0.5, 0.6) is 0 Å². The van der Waals surface area contributed by atoms with Gasteiger partial charge >= 0.3 is 6.09 Å². The Morgan fingerprint density at radius 1 is 1.35 bits per heavy atom. The third-order valence-corrected chi connectivity index (χ3v) is 2.98. The van der Waals surface area contributed by atoms with E-state index in [1.807, 2.05) is 0 Å². The number of nitrogens with one attached hydrogen (secondary N) is 1. The molecule has 2 rings (SSSR count). The van der Waals surface area contributed by atoms with Gasteiger partial charge in [0.2, 0.25) is 0 Å². The van der Waals surface area contributed by atoms with E-state index in [2.05, 4.69) is 5.32 Å². The fraction of sp³-hybridized carbons (Fsp3) is 0.300. The third-order valence-electron chi connectivity index (χ3n) is 2.36. The van der Waals surface area contributed by atoms with Crippen molar-refractivity contribution in [2.45, 2.75) is 12.5 Å². The summed E-state index contributed by atoms with van der Waals surface area (Å²) in [4.78, 5) is 11.0. The van der Waals surface area contributed by atoms with E-state index in [1.165, 1.54) is 12.1 Å². The molecule has 0 saturated carbocycles. The standard InChI is InChI=1S/C10H8Cl2FNO2.ClH/c11-5-1-2-6(12)9(13)8(5)7-3-4-16-10(15)14-7;/h1-2,7H,3-4H2,(H,14,15);1H/t7-;/m1./s1. The molecular formula is C10H9Cl3FNO2. The molecule has 1 atom stereocenters. The number of amides is 1. The summed E-state index contributed by atoms with van der Waals surface area (Å²) < 4.78 is 18.5. The van der Waals surface area contributed by atoms with Crippen molar-refractivity contribution in [1.82, 2.24) is 5.32 Å². The van der Waals surface area contributed by atoms with Crippen molar-refractivity contribution in [2.24, 2.45) is 0 Å². The molecule has 1 fully saturated rings. The molecule has 1 saturated heterocycles. The van der Waals surface area contributed by atoms with E-state index >= 15 is 0 Å². The lowest BCUT2D eigenvalue weighted by molar-refractivity contribution is 0.115. The Bertz CT molecular complexity index is 442. The quantitative estimate of drug-likeness (QED) is 0.803. The molecule has 1 aromatic carbocycles. The lowest BCUT2D eigenvalue weighted by Gasteiger charge is -2.24. The second kappa shape index (κ2) is 5.76. The number of carbonyl (C=O) groups excluding carboxylic acids is 1. The minimum Gasteiger partial charge on any atom is -0.449 e. The molecule has 0 bridgehead atoms. The molecule has 7 heteroatoms. The van der Waals surface area contributed by atoms with Gasteiger partial charge in [0.15, 0.2) is 0 Å². The van der Waals surface area contributed by atoms with E-state index < -0.39 is 18.0 Å². The number of hydrogen-bond donors (Lipinski definition) is 1. The average Bonchev–Trinajstić information content (AvgIpc) is 2.24. The molecule has 0 radical (unpaired) electrons. The van der Waals surface area contributed by atoms with Crippen molar-refractivity contribution in [3.63, 3.8) is 0 Å². The van der Waals surface area contributed by atoms with Crippen LogP contribution in [-0.2, 0) is 4.74 Å². The van der Waals surface area contributed by atoms with Crippen LogP contribution < -0.4 is 5.32 Å². The van der Waals surface area contributed by atoms with Crippen molar-refractivity contribution in [2.75, 3.05) is 6.61 Å². The van der Waals surface area contributed by atoms with Crippen molar-refractivity contribution < 1.29 is 13.9 Å². The first kappa shape index (κ1) is 14.4. The van der Waals surface area contributed by atoms with Gasteiger partial charge in [0.25, 0.3) is 0 Å². The summed E-state index contributed by atoms with van der Waals surface area (Å²) in [5.74, 6) is -0.596. The van der Waals surface area contributed by atoms with E-state index in [0.29, 0.717) is 6.42 Å². The zero-order chi connectivity index (χ0) is 11.7. The Balaban J connectivity index is 0.00000144. The van der Waals surface area contributed by atoms with Crippen LogP contribution in [0.1, 0.15) is 18.0 Å². The number of cyclic esters (lactones) is 1. The zero-order valence-electron chi connectivity index (χ0n) is 8.50. The number of ether oxygens (including phenoxy) is 1. The van der Waals surface area contributed by atoms with Crippen LogP contribution in [0.4, 0.5) is 9.18 Å². The van der Waals surface area contributed by atoms with Crippen LogP contribution in [0.2, 0.25) is 10.0 Å². The number of rotatable bonds is 1. The van der Waals surface area contributed by atoms with Crippen molar-refractivity contribution in [3.05, 3.63) is 33.6 Å². The smallest absolute Gasteiger partial charge is 0.407 e. The van der Waals surface area contributed by atoms with Gasteiger partial charge in [0.1, 0.15) is 5.82 Å². The summed E-state index contributed by atoms with van der Waals surface area (Å²) in [6, 6.07) is 2.39.